The van der Waals surface area contributed by atoms with E-state index >= 15 is 0 Å². The molecule has 1 aliphatic heterocycles. The van der Waals surface area contributed by atoms with E-state index in [9.17, 15) is 5.11 Å². The smallest absolute Gasteiger partial charge is 0.258 e. The Hall–Kier alpha value is -1.13. The van der Waals surface area contributed by atoms with Crippen molar-refractivity contribution in [2.45, 2.75) is 25.0 Å². The summed E-state index contributed by atoms with van der Waals surface area (Å²) in [5.41, 5.74) is -0.232. The van der Waals surface area contributed by atoms with Crippen molar-refractivity contribution >= 4 is 17.4 Å². The molecule has 1 heterocycles. The highest BCUT2D eigenvalue weighted by molar-refractivity contribution is 7.80. The van der Waals surface area contributed by atoms with E-state index in [2.05, 4.69) is 5.32 Å². The second kappa shape index (κ2) is 3.71. The van der Waals surface area contributed by atoms with Crippen LogP contribution in [0.3, 0.4) is 0 Å². The van der Waals surface area contributed by atoms with Gasteiger partial charge in [-0.3, -0.25) is 0 Å². The van der Waals surface area contributed by atoms with Gasteiger partial charge in [0.25, 0.3) is 5.17 Å². The molecule has 0 aliphatic carbocycles. The van der Waals surface area contributed by atoms with Crippen LogP contribution in [0.4, 0.5) is 0 Å². The standard InChI is InChI=1S/C12H15NO2S/c1-11(8-14)12(2,15-10(16)13-11)9-6-4-3-5-7-9/h3-7,14H,8H2,1-2H3,(H,13,16)/t11-,12+/m0/s1. The van der Waals surface area contributed by atoms with Gasteiger partial charge >= 0.3 is 0 Å². The number of hydrogen-bond donors (Lipinski definition) is 2. The Kier molecular flexibility index (Phi) is 2.64. The fourth-order valence-corrected chi connectivity index (χ4v) is 2.38. The predicted octanol–water partition coefficient (Wildman–Crippen LogP) is 1.56. The zero-order valence-electron chi connectivity index (χ0n) is 9.36. The number of aliphatic hydroxyl groups excluding tert-OH is 1. The van der Waals surface area contributed by atoms with Crippen molar-refractivity contribution in [2.75, 3.05) is 6.61 Å². The highest BCUT2D eigenvalue weighted by atomic mass is 32.1. The minimum atomic E-state index is -0.639. The van der Waals surface area contributed by atoms with Crippen LogP contribution in [0.5, 0.6) is 0 Å². The van der Waals surface area contributed by atoms with Crippen LogP contribution in [-0.2, 0) is 10.3 Å². The lowest BCUT2D eigenvalue weighted by atomic mass is 9.79. The SMILES string of the molecule is C[C@@]1(CO)NC(=S)O[C@]1(C)c1ccccc1. The Bertz CT molecular complexity index is 409. The molecule has 2 atom stereocenters. The van der Waals surface area contributed by atoms with E-state index in [4.69, 9.17) is 17.0 Å². The molecule has 0 unspecified atom stereocenters. The molecule has 1 fully saturated rings. The molecule has 0 aromatic heterocycles. The third-order valence-electron chi connectivity index (χ3n) is 3.37. The molecule has 2 rings (SSSR count). The van der Waals surface area contributed by atoms with Crippen molar-refractivity contribution in [3.63, 3.8) is 0 Å². The van der Waals surface area contributed by atoms with Gasteiger partial charge in [0.1, 0.15) is 5.54 Å². The van der Waals surface area contributed by atoms with Crippen molar-refractivity contribution in [2.24, 2.45) is 0 Å². The molecule has 0 saturated carbocycles. The molecular weight excluding hydrogens is 222 g/mol. The van der Waals surface area contributed by atoms with Gasteiger partial charge in [0, 0.05) is 0 Å². The molecule has 0 radical (unpaired) electrons. The number of aliphatic hydroxyl groups is 1. The van der Waals surface area contributed by atoms with Crippen LogP contribution in [-0.4, -0.2) is 22.4 Å². The summed E-state index contributed by atoms with van der Waals surface area (Å²) in [5.74, 6) is 0. The van der Waals surface area contributed by atoms with E-state index in [-0.39, 0.29) is 6.61 Å². The van der Waals surface area contributed by atoms with Gasteiger partial charge in [-0.15, -0.1) is 0 Å². The molecule has 1 aromatic rings. The van der Waals surface area contributed by atoms with Gasteiger partial charge in [0.2, 0.25) is 0 Å². The maximum atomic E-state index is 9.54. The van der Waals surface area contributed by atoms with E-state index in [1.807, 2.05) is 44.2 Å². The summed E-state index contributed by atoms with van der Waals surface area (Å²) in [6, 6.07) is 9.79. The largest absolute Gasteiger partial charge is 0.457 e. The van der Waals surface area contributed by atoms with Crippen molar-refractivity contribution < 1.29 is 9.84 Å². The fourth-order valence-electron chi connectivity index (χ4n) is 1.99. The molecule has 1 aromatic carbocycles. The predicted molar refractivity (Wildman–Crippen MR) is 66.1 cm³/mol. The Morgan fingerprint density at radius 3 is 2.50 bits per heavy atom. The second-order valence-electron chi connectivity index (χ2n) is 4.40. The number of hydrogen-bond acceptors (Lipinski definition) is 3. The zero-order chi connectivity index (χ0) is 11.8. The summed E-state index contributed by atoms with van der Waals surface area (Å²) in [6.07, 6.45) is 0. The van der Waals surface area contributed by atoms with E-state index < -0.39 is 11.1 Å². The van der Waals surface area contributed by atoms with E-state index in [1.165, 1.54) is 0 Å². The van der Waals surface area contributed by atoms with E-state index in [1.54, 1.807) is 0 Å². The van der Waals surface area contributed by atoms with Crippen LogP contribution >= 0.6 is 12.2 Å². The second-order valence-corrected chi connectivity index (χ2v) is 4.77. The minimum absolute atomic E-state index is 0.0431. The lowest BCUT2D eigenvalue weighted by Gasteiger charge is -2.36. The number of thiocarbonyl (C=S) groups is 1. The van der Waals surface area contributed by atoms with Gasteiger partial charge in [-0.05, 0) is 31.6 Å². The van der Waals surface area contributed by atoms with E-state index in [0.29, 0.717) is 5.17 Å². The van der Waals surface area contributed by atoms with Crippen molar-refractivity contribution in [3.8, 4) is 0 Å². The van der Waals surface area contributed by atoms with Gasteiger partial charge < -0.3 is 15.2 Å². The van der Waals surface area contributed by atoms with Gasteiger partial charge in [0.05, 0.1) is 6.61 Å². The maximum absolute atomic E-state index is 9.54. The van der Waals surface area contributed by atoms with Crippen LogP contribution in [0.1, 0.15) is 19.4 Å². The van der Waals surface area contributed by atoms with Crippen LogP contribution in [0.25, 0.3) is 0 Å². The summed E-state index contributed by atoms with van der Waals surface area (Å²) < 4.78 is 5.70. The summed E-state index contributed by atoms with van der Waals surface area (Å²) in [4.78, 5) is 0. The van der Waals surface area contributed by atoms with Crippen LogP contribution in [0.2, 0.25) is 0 Å². The third-order valence-corrected chi connectivity index (χ3v) is 3.55. The Balaban J connectivity index is 2.48. The van der Waals surface area contributed by atoms with Gasteiger partial charge in [-0.2, -0.15) is 0 Å². The molecule has 1 aliphatic rings. The summed E-state index contributed by atoms with van der Waals surface area (Å²) in [7, 11) is 0. The van der Waals surface area contributed by atoms with Crippen molar-refractivity contribution in [1.29, 1.82) is 0 Å². The quantitative estimate of drug-likeness (QED) is 0.766. The van der Waals surface area contributed by atoms with Gasteiger partial charge in [-0.25, -0.2) is 0 Å². The lowest BCUT2D eigenvalue weighted by Crippen LogP contribution is -2.54. The molecule has 0 amide bonds. The highest BCUT2D eigenvalue weighted by Crippen LogP contribution is 2.40. The van der Waals surface area contributed by atoms with Crippen LogP contribution in [0.15, 0.2) is 30.3 Å². The number of rotatable bonds is 2. The number of nitrogens with one attached hydrogen (secondary N) is 1. The molecule has 16 heavy (non-hydrogen) atoms. The Morgan fingerprint density at radius 2 is 1.94 bits per heavy atom. The first-order valence-electron chi connectivity index (χ1n) is 5.19. The van der Waals surface area contributed by atoms with Gasteiger partial charge in [-0.1, -0.05) is 30.3 Å². The van der Waals surface area contributed by atoms with Gasteiger partial charge in [0.15, 0.2) is 5.60 Å². The molecule has 2 N–H and O–H groups in total. The lowest BCUT2D eigenvalue weighted by molar-refractivity contribution is 0.00748. The van der Waals surface area contributed by atoms with Crippen molar-refractivity contribution in [3.05, 3.63) is 35.9 Å². The Labute approximate surface area is 100 Å². The fraction of sp³-hybridized carbons (Fsp3) is 0.417. The van der Waals surface area contributed by atoms with Crippen LogP contribution < -0.4 is 5.32 Å². The molecular formula is C12H15NO2S. The summed E-state index contributed by atoms with van der Waals surface area (Å²) >= 11 is 5.04. The average Bonchev–Trinajstić information content (AvgIpc) is 2.52. The van der Waals surface area contributed by atoms with Crippen molar-refractivity contribution in [1.82, 2.24) is 5.32 Å². The maximum Gasteiger partial charge on any atom is 0.258 e. The Morgan fingerprint density at radius 1 is 1.31 bits per heavy atom. The number of benzene rings is 1. The summed E-state index contributed by atoms with van der Waals surface area (Å²) in [5, 5.41) is 12.9. The first kappa shape index (κ1) is 11.4. The molecule has 0 spiro atoms. The zero-order valence-corrected chi connectivity index (χ0v) is 10.2. The minimum Gasteiger partial charge on any atom is -0.457 e. The topological polar surface area (TPSA) is 41.5 Å². The monoisotopic (exact) mass is 237 g/mol. The highest BCUT2D eigenvalue weighted by Gasteiger charge is 2.53. The van der Waals surface area contributed by atoms with Crippen LogP contribution in [0, 0.1) is 0 Å². The third kappa shape index (κ3) is 1.49. The summed E-state index contributed by atoms with van der Waals surface area (Å²) in [6.45, 7) is 3.79. The number of ether oxygens (including phenoxy) is 1. The molecule has 0 bridgehead atoms. The van der Waals surface area contributed by atoms with E-state index in [0.717, 1.165) is 5.56 Å². The first-order valence-corrected chi connectivity index (χ1v) is 5.60. The molecule has 4 heteroatoms. The molecule has 1 saturated heterocycles. The first-order chi connectivity index (χ1) is 7.52. The molecule has 86 valence electrons. The molecule has 3 nitrogen and oxygen atoms in total. The average molecular weight is 237 g/mol. The normalized spacial score (nSPS) is 33.3.